The van der Waals surface area contributed by atoms with Crippen LogP contribution in [0.3, 0.4) is 0 Å². The van der Waals surface area contributed by atoms with Gasteiger partial charge in [-0.2, -0.15) is 0 Å². The van der Waals surface area contributed by atoms with E-state index >= 15 is 0 Å². The van der Waals surface area contributed by atoms with Crippen LogP contribution in [0.1, 0.15) is 22.8 Å². The summed E-state index contributed by atoms with van der Waals surface area (Å²) in [5, 5.41) is 24.2. The number of amides is 2. The van der Waals surface area contributed by atoms with E-state index in [1.165, 1.54) is 41.6 Å². The van der Waals surface area contributed by atoms with Crippen molar-refractivity contribution >= 4 is 51.4 Å². The van der Waals surface area contributed by atoms with Crippen molar-refractivity contribution in [2.24, 2.45) is 0 Å². The molecule has 3 aromatic rings. The summed E-state index contributed by atoms with van der Waals surface area (Å²) in [6.45, 7) is 2.06. The van der Waals surface area contributed by atoms with Gasteiger partial charge in [0.1, 0.15) is 0 Å². The van der Waals surface area contributed by atoms with Crippen LogP contribution in [0.5, 0.6) is 0 Å². The number of carbonyl (C=O) groups is 2. The Morgan fingerprint density at radius 3 is 2.40 bits per heavy atom. The number of nitrogens with one attached hydrogen (secondary N) is 2. The number of nitro groups is 1. The maximum absolute atomic E-state index is 12.2. The fourth-order valence-corrected chi connectivity index (χ4v) is 3.92. The van der Waals surface area contributed by atoms with Gasteiger partial charge in [-0.15, -0.1) is 10.2 Å². The Kier molecular flexibility index (Phi) is 7.09. The summed E-state index contributed by atoms with van der Waals surface area (Å²) in [6.07, 6.45) is 0.935. The zero-order chi connectivity index (χ0) is 21.5. The van der Waals surface area contributed by atoms with Crippen molar-refractivity contribution in [3.8, 4) is 0 Å². The molecule has 30 heavy (non-hydrogen) atoms. The average molecular weight is 444 g/mol. The summed E-state index contributed by atoms with van der Waals surface area (Å²) < 4.78 is 0.533. The minimum atomic E-state index is -0.535. The molecule has 0 aliphatic carbocycles. The molecule has 0 aliphatic heterocycles. The van der Waals surface area contributed by atoms with Crippen LogP contribution in [-0.2, 0) is 11.2 Å². The van der Waals surface area contributed by atoms with Gasteiger partial charge in [0.05, 0.1) is 10.7 Å². The molecule has 2 aromatic carbocycles. The number of hydrogen-bond acceptors (Lipinski definition) is 8. The molecule has 9 nitrogen and oxygen atoms in total. The molecule has 1 heterocycles. The molecule has 0 saturated carbocycles. The summed E-state index contributed by atoms with van der Waals surface area (Å²) in [7, 11) is 0. The van der Waals surface area contributed by atoms with Gasteiger partial charge < -0.3 is 5.32 Å². The van der Waals surface area contributed by atoms with Gasteiger partial charge in [-0.3, -0.25) is 25.0 Å². The van der Waals surface area contributed by atoms with Crippen LogP contribution in [0.25, 0.3) is 0 Å². The molecular weight excluding hydrogens is 426 g/mol. The summed E-state index contributed by atoms with van der Waals surface area (Å²) in [6, 6.07) is 12.9. The number of aromatic nitrogens is 2. The molecular formula is C19H17N5O4S2. The van der Waals surface area contributed by atoms with Gasteiger partial charge in [-0.25, -0.2) is 0 Å². The highest BCUT2D eigenvalue weighted by Gasteiger charge is 2.13. The van der Waals surface area contributed by atoms with Crippen molar-refractivity contribution in [3.05, 3.63) is 69.8 Å². The molecule has 0 aliphatic rings. The van der Waals surface area contributed by atoms with Crippen LogP contribution in [0.15, 0.2) is 52.9 Å². The molecule has 0 saturated heterocycles. The van der Waals surface area contributed by atoms with E-state index < -0.39 is 10.8 Å². The Morgan fingerprint density at radius 1 is 1.07 bits per heavy atom. The Bertz CT molecular complexity index is 1050. The number of nitrogens with zero attached hydrogens (tertiary/aromatic N) is 3. The second-order valence-electron chi connectivity index (χ2n) is 6.02. The standard InChI is InChI=1S/C19H17N5O4S2/c1-2-12-3-7-14(8-4-12)20-16(25)11-29-19-23-22-18(30-19)21-17(26)13-5-9-15(10-6-13)24(27)28/h3-10H,2,11H2,1H3,(H,20,25)(H,21,22,26). The summed E-state index contributed by atoms with van der Waals surface area (Å²) in [5.74, 6) is -0.470. The number of hydrogen-bond donors (Lipinski definition) is 2. The molecule has 11 heteroatoms. The smallest absolute Gasteiger partial charge is 0.269 e. The molecule has 154 valence electrons. The summed E-state index contributed by atoms with van der Waals surface area (Å²) in [4.78, 5) is 34.4. The molecule has 0 fully saturated rings. The average Bonchev–Trinajstić information content (AvgIpc) is 3.20. The van der Waals surface area contributed by atoms with Crippen LogP contribution in [0, 0.1) is 10.1 Å². The van der Waals surface area contributed by atoms with Crippen molar-refractivity contribution in [1.29, 1.82) is 0 Å². The molecule has 0 unspecified atom stereocenters. The fraction of sp³-hybridized carbons (Fsp3) is 0.158. The van der Waals surface area contributed by atoms with Gasteiger partial charge in [0.2, 0.25) is 11.0 Å². The third-order valence-corrected chi connectivity index (χ3v) is 5.91. The van der Waals surface area contributed by atoms with Crippen molar-refractivity contribution in [2.45, 2.75) is 17.7 Å². The maximum atomic E-state index is 12.2. The lowest BCUT2D eigenvalue weighted by Gasteiger charge is -2.05. The van der Waals surface area contributed by atoms with Crippen LogP contribution in [-0.4, -0.2) is 32.7 Å². The Balaban J connectivity index is 1.49. The second-order valence-corrected chi connectivity index (χ2v) is 8.22. The van der Waals surface area contributed by atoms with Gasteiger partial charge in [0, 0.05) is 23.4 Å². The molecule has 0 atom stereocenters. The van der Waals surface area contributed by atoms with E-state index in [0.29, 0.717) is 4.34 Å². The van der Waals surface area contributed by atoms with Crippen molar-refractivity contribution in [3.63, 3.8) is 0 Å². The van der Waals surface area contributed by atoms with Crippen LogP contribution in [0.2, 0.25) is 0 Å². The predicted molar refractivity (Wildman–Crippen MR) is 116 cm³/mol. The number of non-ortho nitro benzene ring substituents is 1. The lowest BCUT2D eigenvalue weighted by Crippen LogP contribution is -2.13. The van der Waals surface area contributed by atoms with E-state index in [4.69, 9.17) is 0 Å². The van der Waals surface area contributed by atoms with Gasteiger partial charge >= 0.3 is 0 Å². The van der Waals surface area contributed by atoms with Crippen LogP contribution in [0.4, 0.5) is 16.5 Å². The SMILES string of the molecule is CCc1ccc(NC(=O)CSc2nnc(NC(=O)c3ccc([N+](=O)[O-])cc3)s2)cc1. The normalized spacial score (nSPS) is 10.4. The number of nitro benzene ring substituents is 1. The zero-order valence-electron chi connectivity index (χ0n) is 15.8. The first kappa shape index (κ1) is 21.4. The maximum Gasteiger partial charge on any atom is 0.269 e. The lowest BCUT2D eigenvalue weighted by molar-refractivity contribution is -0.384. The van der Waals surface area contributed by atoms with Crippen molar-refractivity contribution in [2.75, 3.05) is 16.4 Å². The lowest BCUT2D eigenvalue weighted by atomic mass is 10.1. The van der Waals surface area contributed by atoms with Gasteiger partial charge in [0.15, 0.2) is 4.34 Å². The van der Waals surface area contributed by atoms with Crippen molar-refractivity contribution < 1.29 is 14.5 Å². The minimum absolute atomic E-state index is 0.0965. The van der Waals surface area contributed by atoms with E-state index in [2.05, 4.69) is 27.8 Å². The van der Waals surface area contributed by atoms with E-state index in [0.717, 1.165) is 23.4 Å². The third kappa shape index (κ3) is 5.84. The number of anilines is 2. The topological polar surface area (TPSA) is 127 Å². The first-order chi connectivity index (χ1) is 14.4. The Labute approximate surface area is 180 Å². The highest BCUT2D eigenvalue weighted by molar-refractivity contribution is 8.01. The predicted octanol–water partition coefficient (Wildman–Crippen LogP) is 3.99. The Hall–Kier alpha value is -3.31. The zero-order valence-corrected chi connectivity index (χ0v) is 17.5. The Morgan fingerprint density at radius 2 is 1.77 bits per heavy atom. The van der Waals surface area contributed by atoms with Crippen molar-refractivity contribution in [1.82, 2.24) is 10.2 Å². The minimum Gasteiger partial charge on any atom is -0.325 e. The van der Waals surface area contributed by atoms with E-state index in [-0.39, 0.29) is 28.0 Å². The summed E-state index contributed by atoms with van der Waals surface area (Å²) >= 11 is 2.35. The molecule has 2 amide bonds. The number of aryl methyl sites for hydroxylation is 1. The highest BCUT2D eigenvalue weighted by atomic mass is 32.2. The largest absolute Gasteiger partial charge is 0.325 e. The molecule has 3 rings (SSSR count). The molecule has 0 spiro atoms. The van der Waals surface area contributed by atoms with E-state index in [9.17, 15) is 19.7 Å². The fourth-order valence-electron chi connectivity index (χ4n) is 2.37. The highest BCUT2D eigenvalue weighted by Crippen LogP contribution is 2.26. The summed E-state index contributed by atoms with van der Waals surface area (Å²) in [5.41, 5.74) is 2.09. The third-order valence-electron chi connectivity index (χ3n) is 3.94. The van der Waals surface area contributed by atoms with Crippen LogP contribution < -0.4 is 10.6 Å². The molecule has 0 radical (unpaired) electrons. The van der Waals surface area contributed by atoms with Crippen LogP contribution >= 0.6 is 23.1 Å². The number of thioether (sulfide) groups is 1. The number of rotatable bonds is 8. The van der Waals surface area contributed by atoms with E-state index in [1.54, 1.807) is 0 Å². The van der Waals surface area contributed by atoms with E-state index in [1.807, 2.05) is 24.3 Å². The number of carbonyl (C=O) groups excluding carboxylic acids is 2. The molecule has 0 bridgehead atoms. The monoisotopic (exact) mass is 443 g/mol. The van der Waals surface area contributed by atoms with Gasteiger partial charge in [-0.1, -0.05) is 42.2 Å². The first-order valence-electron chi connectivity index (χ1n) is 8.85. The molecule has 1 aromatic heterocycles. The second kappa shape index (κ2) is 9.94. The first-order valence-corrected chi connectivity index (χ1v) is 10.7. The quantitative estimate of drug-likeness (QED) is 0.233. The van der Waals surface area contributed by atoms with Gasteiger partial charge in [-0.05, 0) is 36.2 Å². The number of benzene rings is 2. The van der Waals surface area contributed by atoms with Gasteiger partial charge in [0.25, 0.3) is 11.6 Å². The molecule has 2 N–H and O–H groups in total.